The number of nitrogens with zero attached hydrogens (tertiary/aromatic N) is 2. The Morgan fingerprint density at radius 3 is 3.00 bits per heavy atom. The van der Waals surface area contributed by atoms with Crippen molar-refractivity contribution in [3.05, 3.63) is 35.1 Å². The van der Waals surface area contributed by atoms with E-state index in [2.05, 4.69) is 34.6 Å². The highest BCUT2D eigenvalue weighted by Crippen LogP contribution is 2.31. The molecule has 0 spiro atoms. The lowest BCUT2D eigenvalue weighted by atomic mass is 10.0. The molecule has 0 atom stereocenters. The van der Waals surface area contributed by atoms with Gasteiger partial charge in [0.15, 0.2) is 4.34 Å². The van der Waals surface area contributed by atoms with Crippen molar-refractivity contribution < 1.29 is 9.21 Å². The lowest BCUT2D eigenvalue weighted by Gasteiger charge is -2.02. The number of rotatable bonds is 5. The maximum atomic E-state index is 12.3. The highest BCUT2D eigenvalue weighted by atomic mass is 32.2. The molecule has 1 aliphatic carbocycles. The van der Waals surface area contributed by atoms with Gasteiger partial charge in [0.25, 0.3) is 0 Å². The minimum atomic E-state index is -0.0950. The number of furan rings is 1. The molecule has 0 fully saturated rings. The van der Waals surface area contributed by atoms with Crippen LogP contribution in [-0.4, -0.2) is 21.9 Å². The van der Waals surface area contributed by atoms with Gasteiger partial charge >= 0.3 is 0 Å². The van der Waals surface area contributed by atoms with Gasteiger partial charge in [-0.1, -0.05) is 30.0 Å². The van der Waals surface area contributed by atoms with Gasteiger partial charge in [0.2, 0.25) is 11.0 Å². The lowest BCUT2D eigenvalue weighted by molar-refractivity contribution is -0.115. The number of carbonyl (C=O) groups excluding carboxylic acids is 1. The van der Waals surface area contributed by atoms with Crippen LogP contribution in [0.5, 0.6) is 0 Å². The zero-order chi connectivity index (χ0) is 16.5. The largest absolute Gasteiger partial charge is 0.464 e. The summed E-state index contributed by atoms with van der Waals surface area (Å²) in [6, 6.07) is 4.31. The molecule has 5 nitrogen and oxygen atoms in total. The van der Waals surface area contributed by atoms with Crippen molar-refractivity contribution in [3.63, 3.8) is 0 Å². The number of fused-ring (bicyclic) bond motifs is 2. The number of aromatic nitrogens is 2. The van der Waals surface area contributed by atoms with Crippen molar-refractivity contribution in [1.29, 1.82) is 0 Å². The number of nitrogens with one attached hydrogen (secondary N) is 1. The van der Waals surface area contributed by atoms with Crippen LogP contribution in [0.3, 0.4) is 0 Å². The van der Waals surface area contributed by atoms with E-state index < -0.39 is 0 Å². The Morgan fingerprint density at radius 2 is 2.17 bits per heavy atom. The van der Waals surface area contributed by atoms with E-state index in [1.165, 1.54) is 28.9 Å². The monoisotopic (exact) mass is 359 g/mol. The first kappa shape index (κ1) is 15.7. The van der Waals surface area contributed by atoms with E-state index in [0.717, 1.165) is 39.5 Å². The molecule has 4 rings (SSSR count). The van der Waals surface area contributed by atoms with Crippen LogP contribution < -0.4 is 5.32 Å². The summed E-state index contributed by atoms with van der Waals surface area (Å²) in [5.41, 5.74) is 4.56. The average Bonchev–Trinajstić information content (AvgIpc) is 3.27. The highest BCUT2D eigenvalue weighted by molar-refractivity contribution is 8.01. The average molecular weight is 359 g/mol. The van der Waals surface area contributed by atoms with Gasteiger partial charge in [-0.05, 0) is 48.3 Å². The SMILES string of the molecule is CCSc1nnc(NC(=O)Cc2coc3cc4c(cc23)CCC4)s1. The van der Waals surface area contributed by atoms with Gasteiger partial charge in [-0.3, -0.25) is 4.79 Å². The van der Waals surface area contributed by atoms with E-state index in [1.807, 2.05) is 0 Å². The van der Waals surface area contributed by atoms with Crippen LogP contribution in [0.4, 0.5) is 5.13 Å². The van der Waals surface area contributed by atoms with Gasteiger partial charge in [-0.25, -0.2) is 0 Å². The smallest absolute Gasteiger partial charge is 0.230 e. The molecule has 0 aliphatic heterocycles. The molecule has 124 valence electrons. The topological polar surface area (TPSA) is 68.0 Å². The molecule has 1 aliphatic rings. The van der Waals surface area contributed by atoms with Crippen molar-refractivity contribution in [2.75, 3.05) is 11.1 Å². The molecule has 3 aromatic rings. The highest BCUT2D eigenvalue weighted by Gasteiger charge is 2.17. The minimum Gasteiger partial charge on any atom is -0.464 e. The summed E-state index contributed by atoms with van der Waals surface area (Å²) in [7, 11) is 0. The Kier molecular flexibility index (Phi) is 4.28. The van der Waals surface area contributed by atoms with E-state index >= 15 is 0 Å². The first-order chi connectivity index (χ1) is 11.7. The molecule has 7 heteroatoms. The second kappa shape index (κ2) is 6.57. The summed E-state index contributed by atoms with van der Waals surface area (Å²) < 4.78 is 6.53. The molecule has 1 amide bonds. The molecule has 0 unspecified atom stereocenters. The van der Waals surface area contributed by atoms with E-state index in [1.54, 1.807) is 18.0 Å². The summed E-state index contributed by atoms with van der Waals surface area (Å²) >= 11 is 3.02. The summed E-state index contributed by atoms with van der Waals surface area (Å²) in [6.45, 7) is 2.06. The Bertz CT molecular complexity index is 901. The number of thioether (sulfide) groups is 1. The van der Waals surface area contributed by atoms with E-state index in [-0.39, 0.29) is 12.3 Å². The predicted octanol–water partition coefficient (Wildman–Crippen LogP) is 4.07. The molecule has 0 saturated heterocycles. The van der Waals surface area contributed by atoms with Crippen LogP contribution >= 0.6 is 23.1 Å². The molecule has 2 aromatic heterocycles. The third kappa shape index (κ3) is 3.06. The normalized spacial score (nSPS) is 13.4. The Labute approximate surface area is 147 Å². The maximum absolute atomic E-state index is 12.3. The third-order valence-corrected chi connectivity index (χ3v) is 5.99. The molecule has 2 heterocycles. The van der Waals surface area contributed by atoms with Crippen LogP contribution in [0.25, 0.3) is 11.0 Å². The van der Waals surface area contributed by atoms with Crippen molar-refractivity contribution in [1.82, 2.24) is 10.2 Å². The second-order valence-electron chi connectivity index (χ2n) is 5.76. The summed E-state index contributed by atoms with van der Waals surface area (Å²) in [5.74, 6) is 0.843. The van der Waals surface area contributed by atoms with Crippen LogP contribution in [0.15, 0.2) is 27.2 Å². The van der Waals surface area contributed by atoms with Crippen LogP contribution in [0, 0.1) is 0 Å². The zero-order valence-electron chi connectivity index (χ0n) is 13.3. The van der Waals surface area contributed by atoms with E-state index in [9.17, 15) is 4.79 Å². The minimum absolute atomic E-state index is 0.0950. The number of hydrogen-bond acceptors (Lipinski definition) is 6. The molecule has 0 bridgehead atoms. The van der Waals surface area contributed by atoms with Gasteiger partial charge in [-0.15, -0.1) is 10.2 Å². The number of hydrogen-bond donors (Lipinski definition) is 1. The Balaban J connectivity index is 1.50. The second-order valence-corrected chi connectivity index (χ2v) is 8.25. The first-order valence-corrected chi connectivity index (χ1v) is 9.81. The molecule has 1 aromatic carbocycles. The number of anilines is 1. The van der Waals surface area contributed by atoms with E-state index in [4.69, 9.17) is 4.42 Å². The summed E-state index contributed by atoms with van der Waals surface area (Å²) in [4.78, 5) is 12.3. The summed E-state index contributed by atoms with van der Waals surface area (Å²) in [6.07, 6.45) is 5.41. The van der Waals surface area contributed by atoms with Crippen molar-refractivity contribution in [2.45, 2.75) is 36.9 Å². The fourth-order valence-electron chi connectivity index (χ4n) is 3.06. The maximum Gasteiger partial charge on any atom is 0.230 e. The standard InChI is InChI=1S/C17H17N3O2S2/c1-2-23-17-20-19-16(24-17)18-15(21)8-12-9-22-14-7-11-5-3-4-10(11)6-13(12)14/h6-7,9H,2-5,8H2,1H3,(H,18,19,21). The molecule has 24 heavy (non-hydrogen) atoms. The van der Waals surface area contributed by atoms with Gasteiger partial charge in [0.1, 0.15) is 5.58 Å². The number of carbonyl (C=O) groups is 1. The van der Waals surface area contributed by atoms with Gasteiger partial charge < -0.3 is 9.73 Å². The fourth-order valence-corrected chi connectivity index (χ4v) is 4.73. The quantitative estimate of drug-likeness (QED) is 0.549. The number of benzene rings is 1. The lowest BCUT2D eigenvalue weighted by Crippen LogP contribution is -2.14. The first-order valence-electron chi connectivity index (χ1n) is 8.01. The molecule has 1 N–H and O–H groups in total. The van der Waals surface area contributed by atoms with Crippen molar-refractivity contribution in [2.24, 2.45) is 0 Å². The van der Waals surface area contributed by atoms with Crippen LogP contribution in [-0.2, 0) is 24.1 Å². The molecular formula is C17H17N3O2S2. The van der Waals surface area contributed by atoms with Gasteiger partial charge in [0, 0.05) is 10.9 Å². The third-order valence-electron chi connectivity index (χ3n) is 4.14. The van der Waals surface area contributed by atoms with Crippen LogP contribution in [0.1, 0.15) is 30.0 Å². The summed E-state index contributed by atoms with van der Waals surface area (Å²) in [5, 5.41) is 12.5. The van der Waals surface area contributed by atoms with Gasteiger partial charge in [0.05, 0.1) is 12.7 Å². The van der Waals surface area contributed by atoms with E-state index in [0.29, 0.717) is 5.13 Å². The zero-order valence-corrected chi connectivity index (χ0v) is 14.9. The molecule has 0 saturated carbocycles. The van der Waals surface area contributed by atoms with Crippen molar-refractivity contribution in [3.8, 4) is 0 Å². The number of aryl methyl sites for hydroxylation is 2. The Hall–Kier alpha value is -1.86. The molecule has 0 radical (unpaired) electrons. The predicted molar refractivity (Wildman–Crippen MR) is 96.9 cm³/mol. The van der Waals surface area contributed by atoms with Crippen LogP contribution in [0.2, 0.25) is 0 Å². The number of amides is 1. The fraction of sp³-hybridized carbons (Fsp3) is 0.353. The van der Waals surface area contributed by atoms with Gasteiger partial charge in [-0.2, -0.15) is 0 Å². The van der Waals surface area contributed by atoms with Crippen molar-refractivity contribution >= 4 is 45.1 Å². The molecular weight excluding hydrogens is 342 g/mol. The Morgan fingerprint density at radius 1 is 1.33 bits per heavy atom.